The van der Waals surface area contributed by atoms with Gasteiger partial charge in [0.15, 0.2) is 0 Å². The summed E-state index contributed by atoms with van der Waals surface area (Å²) in [5, 5.41) is 13.5. The summed E-state index contributed by atoms with van der Waals surface area (Å²) in [6, 6.07) is 6.11. The van der Waals surface area contributed by atoms with E-state index in [2.05, 4.69) is 5.10 Å². The quantitative estimate of drug-likeness (QED) is 0.841. The van der Waals surface area contributed by atoms with E-state index in [0.29, 0.717) is 0 Å². The van der Waals surface area contributed by atoms with Crippen LogP contribution in [0, 0.1) is 19.7 Å². The average molecular weight is 220 g/mol. The molecule has 1 heterocycles. The Morgan fingerprint density at radius 1 is 1.25 bits per heavy atom. The van der Waals surface area contributed by atoms with Gasteiger partial charge in [0, 0.05) is 11.3 Å². The van der Waals surface area contributed by atoms with Gasteiger partial charge in [-0.3, -0.25) is 0 Å². The van der Waals surface area contributed by atoms with Crippen molar-refractivity contribution in [3.05, 3.63) is 47.0 Å². The molecule has 0 aliphatic heterocycles. The van der Waals surface area contributed by atoms with Crippen molar-refractivity contribution in [1.82, 2.24) is 9.78 Å². The molecule has 0 saturated carbocycles. The van der Waals surface area contributed by atoms with Crippen molar-refractivity contribution < 1.29 is 9.50 Å². The van der Waals surface area contributed by atoms with E-state index >= 15 is 0 Å². The van der Waals surface area contributed by atoms with Crippen LogP contribution in [0.1, 0.15) is 17.0 Å². The van der Waals surface area contributed by atoms with Gasteiger partial charge in [0.05, 0.1) is 18.0 Å². The summed E-state index contributed by atoms with van der Waals surface area (Å²) in [7, 11) is 0. The fraction of sp³-hybridized carbons (Fsp3) is 0.250. The van der Waals surface area contributed by atoms with E-state index in [-0.39, 0.29) is 12.4 Å². The first-order valence-corrected chi connectivity index (χ1v) is 5.05. The Labute approximate surface area is 93.2 Å². The zero-order valence-corrected chi connectivity index (χ0v) is 9.24. The number of rotatable bonds is 2. The van der Waals surface area contributed by atoms with Crippen molar-refractivity contribution in [2.75, 3.05) is 0 Å². The predicted molar refractivity (Wildman–Crippen MR) is 58.9 cm³/mol. The number of halogens is 1. The Kier molecular flexibility index (Phi) is 2.75. The number of aliphatic hydroxyl groups excluding tert-OH is 1. The molecule has 0 radical (unpaired) electrons. The fourth-order valence-electron chi connectivity index (χ4n) is 1.74. The molecule has 0 saturated heterocycles. The minimum atomic E-state index is -0.271. The van der Waals surface area contributed by atoms with Crippen LogP contribution in [0.2, 0.25) is 0 Å². The fourth-order valence-corrected chi connectivity index (χ4v) is 1.74. The lowest BCUT2D eigenvalue weighted by molar-refractivity contribution is 0.280. The molecule has 0 aliphatic rings. The molecule has 4 heteroatoms. The smallest absolute Gasteiger partial charge is 0.123 e. The summed E-state index contributed by atoms with van der Waals surface area (Å²) >= 11 is 0. The van der Waals surface area contributed by atoms with Gasteiger partial charge in [0.1, 0.15) is 5.82 Å². The Hall–Kier alpha value is -1.68. The van der Waals surface area contributed by atoms with Gasteiger partial charge in [0.2, 0.25) is 0 Å². The van der Waals surface area contributed by atoms with Crippen LogP contribution < -0.4 is 0 Å². The molecule has 0 atom stereocenters. The summed E-state index contributed by atoms with van der Waals surface area (Å²) in [6.45, 7) is 3.70. The van der Waals surface area contributed by atoms with Crippen LogP contribution in [0.4, 0.5) is 4.39 Å². The number of hydrogen-bond acceptors (Lipinski definition) is 2. The molecule has 2 rings (SSSR count). The van der Waals surface area contributed by atoms with Gasteiger partial charge in [-0.2, -0.15) is 5.10 Å². The molecule has 1 N–H and O–H groups in total. The third kappa shape index (κ3) is 1.72. The van der Waals surface area contributed by atoms with Crippen molar-refractivity contribution in [2.45, 2.75) is 20.5 Å². The van der Waals surface area contributed by atoms with E-state index in [1.165, 1.54) is 12.1 Å². The van der Waals surface area contributed by atoms with Crippen LogP contribution in [0.3, 0.4) is 0 Å². The largest absolute Gasteiger partial charge is 0.392 e. The molecule has 0 bridgehead atoms. The molecule has 0 amide bonds. The van der Waals surface area contributed by atoms with E-state index in [4.69, 9.17) is 0 Å². The summed E-state index contributed by atoms with van der Waals surface area (Å²) < 4.78 is 14.5. The zero-order chi connectivity index (χ0) is 11.7. The minimum Gasteiger partial charge on any atom is -0.392 e. The van der Waals surface area contributed by atoms with Gasteiger partial charge >= 0.3 is 0 Å². The molecule has 84 valence electrons. The van der Waals surface area contributed by atoms with Crippen LogP contribution in [0.5, 0.6) is 0 Å². The molecule has 16 heavy (non-hydrogen) atoms. The van der Waals surface area contributed by atoms with Crippen LogP contribution in [0.15, 0.2) is 24.3 Å². The maximum atomic E-state index is 12.8. The van der Waals surface area contributed by atoms with Crippen molar-refractivity contribution in [2.24, 2.45) is 0 Å². The Balaban J connectivity index is 2.52. The lowest BCUT2D eigenvalue weighted by Gasteiger charge is -2.04. The van der Waals surface area contributed by atoms with Crippen molar-refractivity contribution in [3.63, 3.8) is 0 Å². The average Bonchev–Trinajstić information content (AvgIpc) is 2.55. The van der Waals surface area contributed by atoms with Gasteiger partial charge in [-0.1, -0.05) is 0 Å². The van der Waals surface area contributed by atoms with E-state index in [1.807, 2.05) is 13.8 Å². The summed E-state index contributed by atoms with van der Waals surface area (Å²) in [5.41, 5.74) is 3.29. The lowest BCUT2D eigenvalue weighted by Crippen LogP contribution is -1.99. The number of aliphatic hydroxyl groups is 1. The molecule has 0 fully saturated rings. The van der Waals surface area contributed by atoms with E-state index in [9.17, 15) is 9.50 Å². The molecule has 0 unspecified atom stereocenters. The number of aryl methyl sites for hydroxylation is 1. The first kappa shape index (κ1) is 10.8. The lowest BCUT2D eigenvalue weighted by atomic mass is 10.2. The molecule has 0 aliphatic carbocycles. The Morgan fingerprint density at radius 2 is 1.88 bits per heavy atom. The van der Waals surface area contributed by atoms with Crippen molar-refractivity contribution in [3.8, 4) is 5.69 Å². The Bertz CT molecular complexity index is 502. The first-order valence-electron chi connectivity index (χ1n) is 5.05. The van der Waals surface area contributed by atoms with Crippen LogP contribution in [0.25, 0.3) is 5.69 Å². The molecule has 1 aromatic heterocycles. The molecule has 1 aromatic carbocycles. The highest BCUT2D eigenvalue weighted by molar-refractivity contribution is 5.36. The highest BCUT2D eigenvalue weighted by Crippen LogP contribution is 2.17. The van der Waals surface area contributed by atoms with E-state index in [1.54, 1.807) is 16.8 Å². The predicted octanol–water partition coefficient (Wildman–Crippen LogP) is 2.12. The SMILES string of the molecule is Cc1nn(-c2ccc(F)cc2)c(C)c1CO. The highest BCUT2D eigenvalue weighted by Gasteiger charge is 2.11. The Morgan fingerprint density at radius 3 is 2.38 bits per heavy atom. The van der Waals surface area contributed by atoms with Crippen molar-refractivity contribution >= 4 is 0 Å². The molecule has 2 aromatic rings. The normalized spacial score (nSPS) is 10.8. The number of aromatic nitrogens is 2. The monoisotopic (exact) mass is 220 g/mol. The summed E-state index contributed by atoms with van der Waals surface area (Å²) in [6.07, 6.45) is 0. The van der Waals surface area contributed by atoms with Crippen molar-refractivity contribution in [1.29, 1.82) is 0 Å². The topological polar surface area (TPSA) is 38.0 Å². The van der Waals surface area contributed by atoms with Gasteiger partial charge in [-0.25, -0.2) is 9.07 Å². The van der Waals surface area contributed by atoms with Gasteiger partial charge in [-0.15, -0.1) is 0 Å². The summed E-state index contributed by atoms with van der Waals surface area (Å²) in [4.78, 5) is 0. The summed E-state index contributed by atoms with van der Waals surface area (Å²) in [5.74, 6) is -0.271. The molecular formula is C12H13FN2O. The van der Waals surface area contributed by atoms with Gasteiger partial charge < -0.3 is 5.11 Å². The van der Waals surface area contributed by atoms with E-state index in [0.717, 1.165) is 22.6 Å². The van der Waals surface area contributed by atoms with Crippen LogP contribution in [-0.2, 0) is 6.61 Å². The van der Waals surface area contributed by atoms with Gasteiger partial charge in [-0.05, 0) is 38.1 Å². The maximum Gasteiger partial charge on any atom is 0.123 e. The van der Waals surface area contributed by atoms with Crippen LogP contribution >= 0.6 is 0 Å². The maximum absolute atomic E-state index is 12.8. The number of benzene rings is 1. The van der Waals surface area contributed by atoms with E-state index < -0.39 is 0 Å². The molecular weight excluding hydrogens is 207 g/mol. The third-order valence-corrected chi connectivity index (χ3v) is 2.67. The molecule has 0 spiro atoms. The number of nitrogens with zero attached hydrogens (tertiary/aromatic N) is 2. The second-order valence-electron chi connectivity index (χ2n) is 3.70. The van der Waals surface area contributed by atoms with Gasteiger partial charge in [0.25, 0.3) is 0 Å². The first-order chi connectivity index (χ1) is 7.63. The second-order valence-corrected chi connectivity index (χ2v) is 3.70. The second kappa shape index (κ2) is 4.06. The molecule has 3 nitrogen and oxygen atoms in total. The minimum absolute atomic E-state index is 0.0289. The number of hydrogen-bond donors (Lipinski definition) is 1. The van der Waals surface area contributed by atoms with Crippen LogP contribution in [-0.4, -0.2) is 14.9 Å². The highest BCUT2D eigenvalue weighted by atomic mass is 19.1. The third-order valence-electron chi connectivity index (χ3n) is 2.67. The zero-order valence-electron chi connectivity index (χ0n) is 9.24. The standard InChI is InChI=1S/C12H13FN2O/c1-8-12(7-16)9(2)15(14-8)11-5-3-10(13)4-6-11/h3-6,16H,7H2,1-2H3.